The van der Waals surface area contributed by atoms with E-state index in [1.165, 1.54) is 0 Å². The molecule has 0 saturated carbocycles. The molecule has 0 aliphatic heterocycles. The number of carbonyl (C=O) groups is 1. The van der Waals surface area contributed by atoms with Gasteiger partial charge in [0, 0.05) is 6.20 Å². The summed E-state index contributed by atoms with van der Waals surface area (Å²) in [5, 5.41) is 8.89. The van der Waals surface area contributed by atoms with E-state index in [0.29, 0.717) is 11.3 Å². The summed E-state index contributed by atoms with van der Waals surface area (Å²) in [6.07, 6.45) is 1.65. The lowest BCUT2D eigenvalue weighted by atomic mass is 10.1. The molecular weight excluding hydrogens is 254 g/mol. The van der Waals surface area contributed by atoms with Crippen molar-refractivity contribution in [2.45, 2.75) is 45.3 Å². The van der Waals surface area contributed by atoms with E-state index >= 15 is 0 Å². The number of hydrogen-bond donors (Lipinski definition) is 1. The number of carboxylic acids is 1. The summed E-state index contributed by atoms with van der Waals surface area (Å²) in [6.45, 7) is 6.60. The van der Waals surface area contributed by atoms with Crippen LogP contribution < -0.4 is 0 Å². The van der Waals surface area contributed by atoms with Gasteiger partial charge in [0.25, 0.3) is 0 Å². The van der Waals surface area contributed by atoms with Crippen LogP contribution in [0.25, 0.3) is 0 Å². The Morgan fingerprint density at radius 3 is 2.47 bits per heavy atom. The highest BCUT2D eigenvalue weighted by Crippen LogP contribution is 2.19. The molecule has 1 N–H and O–H groups in total. The van der Waals surface area contributed by atoms with Gasteiger partial charge in [0.1, 0.15) is 13.8 Å². The standard InChI is InChI=1S/C15H21NO2Si/c1-4-19(5-2,6-3)11-9-14-13(12-15(17)18)8-7-10-16-14/h7-8,10H,4-6,12H2,1-3H3,(H,17,18). The molecule has 19 heavy (non-hydrogen) atoms. The second kappa shape index (κ2) is 7.10. The van der Waals surface area contributed by atoms with Crippen molar-refractivity contribution in [2.75, 3.05) is 0 Å². The Hall–Kier alpha value is -1.60. The van der Waals surface area contributed by atoms with Crippen LogP contribution in [-0.4, -0.2) is 24.1 Å². The minimum absolute atomic E-state index is 0.0171. The lowest BCUT2D eigenvalue weighted by molar-refractivity contribution is -0.136. The number of rotatable bonds is 5. The largest absolute Gasteiger partial charge is 0.481 e. The van der Waals surface area contributed by atoms with Crippen molar-refractivity contribution in [3.63, 3.8) is 0 Å². The fourth-order valence-corrected chi connectivity index (χ4v) is 4.48. The SMILES string of the molecule is CC[Si](C#Cc1ncccc1CC(=O)O)(CC)CC. The van der Waals surface area contributed by atoms with Crippen LogP contribution in [0.5, 0.6) is 0 Å². The predicted octanol–water partition coefficient (Wildman–Crippen LogP) is 3.11. The van der Waals surface area contributed by atoms with Gasteiger partial charge in [0.15, 0.2) is 0 Å². The lowest BCUT2D eigenvalue weighted by Crippen LogP contribution is -2.29. The monoisotopic (exact) mass is 275 g/mol. The molecule has 0 aliphatic rings. The molecule has 4 heteroatoms. The first-order valence-electron chi connectivity index (χ1n) is 6.75. The maximum absolute atomic E-state index is 10.8. The van der Waals surface area contributed by atoms with Crippen molar-refractivity contribution in [1.29, 1.82) is 0 Å². The molecule has 1 heterocycles. The summed E-state index contributed by atoms with van der Waals surface area (Å²) in [5.41, 5.74) is 4.77. The average molecular weight is 275 g/mol. The molecule has 0 unspecified atom stereocenters. The fraction of sp³-hybridized carbons (Fsp3) is 0.467. The van der Waals surface area contributed by atoms with Crippen molar-refractivity contribution >= 4 is 14.0 Å². The van der Waals surface area contributed by atoms with Gasteiger partial charge in [-0.1, -0.05) is 32.8 Å². The second-order valence-corrected chi connectivity index (χ2v) is 9.60. The van der Waals surface area contributed by atoms with Gasteiger partial charge in [-0.05, 0) is 29.8 Å². The van der Waals surface area contributed by atoms with Crippen molar-refractivity contribution in [2.24, 2.45) is 0 Å². The first kappa shape index (κ1) is 15.5. The quantitative estimate of drug-likeness (QED) is 0.663. The van der Waals surface area contributed by atoms with Gasteiger partial charge in [-0.3, -0.25) is 4.79 Å². The van der Waals surface area contributed by atoms with Gasteiger partial charge in [-0.25, -0.2) is 4.98 Å². The van der Waals surface area contributed by atoms with E-state index in [4.69, 9.17) is 5.11 Å². The highest BCUT2D eigenvalue weighted by Gasteiger charge is 2.24. The molecule has 1 rings (SSSR count). The van der Waals surface area contributed by atoms with E-state index in [1.807, 2.05) is 0 Å². The summed E-state index contributed by atoms with van der Waals surface area (Å²) in [7, 11) is -1.51. The van der Waals surface area contributed by atoms with Crippen LogP contribution in [0.1, 0.15) is 32.0 Å². The van der Waals surface area contributed by atoms with Crippen LogP contribution >= 0.6 is 0 Å². The van der Waals surface area contributed by atoms with Crippen molar-refractivity contribution < 1.29 is 9.90 Å². The Kier molecular flexibility index (Phi) is 5.78. The molecule has 1 aromatic heterocycles. The summed E-state index contributed by atoms with van der Waals surface area (Å²) < 4.78 is 0. The highest BCUT2D eigenvalue weighted by molar-refractivity contribution is 6.87. The molecule has 1 aromatic rings. The zero-order valence-corrected chi connectivity index (χ0v) is 12.9. The number of carboxylic acid groups (broad SMARTS) is 1. The van der Waals surface area contributed by atoms with Crippen LogP contribution in [0.3, 0.4) is 0 Å². The Balaban J connectivity index is 3.09. The molecule has 0 amide bonds. The van der Waals surface area contributed by atoms with Gasteiger partial charge in [-0.2, -0.15) is 0 Å². The Morgan fingerprint density at radius 1 is 1.32 bits per heavy atom. The first-order valence-corrected chi connectivity index (χ1v) is 9.38. The van der Waals surface area contributed by atoms with Gasteiger partial charge in [0.05, 0.1) is 6.42 Å². The van der Waals surface area contributed by atoms with Crippen LogP contribution in [0.15, 0.2) is 18.3 Å². The molecule has 0 atom stereocenters. The zero-order valence-electron chi connectivity index (χ0n) is 11.9. The minimum atomic E-state index is -1.51. The third-order valence-corrected chi connectivity index (χ3v) is 8.43. The maximum Gasteiger partial charge on any atom is 0.307 e. The molecular formula is C15H21NO2Si. The average Bonchev–Trinajstić information content (AvgIpc) is 2.42. The zero-order chi connectivity index (χ0) is 14.3. The van der Waals surface area contributed by atoms with Crippen LogP contribution in [0, 0.1) is 11.5 Å². The van der Waals surface area contributed by atoms with E-state index < -0.39 is 14.0 Å². The highest BCUT2D eigenvalue weighted by atomic mass is 28.3. The van der Waals surface area contributed by atoms with Crippen molar-refractivity contribution in [3.8, 4) is 11.5 Å². The summed E-state index contributed by atoms with van der Waals surface area (Å²) in [4.78, 5) is 15.0. The molecule has 0 aliphatic carbocycles. The topological polar surface area (TPSA) is 50.2 Å². The normalized spacial score (nSPS) is 10.7. The Labute approximate surface area is 116 Å². The predicted molar refractivity (Wildman–Crippen MR) is 79.7 cm³/mol. The van der Waals surface area contributed by atoms with Crippen LogP contribution in [-0.2, 0) is 11.2 Å². The molecule has 0 aromatic carbocycles. The van der Waals surface area contributed by atoms with Gasteiger partial charge in [-0.15, -0.1) is 5.54 Å². The molecule has 0 radical (unpaired) electrons. The molecule has 0 bridgehead atoms. The summed E-state index contributed by atoms with van der Waals surface area (Å²) >= 11 is 0. The third-order valence-electron chi connectivity index (χ3n) is 3.71. The minimum Gasteiger partial charge on any atom is -0.481 e. The second-order valence-electron chi connectivity index (χ2n) is 4.67. The third kappa shape index (κ3) is 4.21. The van der Waals surface area contributed by atoms with Crippen molar-refractivity contribution in [1.82, 2.24) is 4.98 Å². The fourth-order valence-electron chi connectivity index (χ4n) is 2.06. The molecule has 0 fully saturated rings. The summed E-state index contributed by atoms with van der Waals surface area (Å²) in [6, 6.07) is 6.95. The number of aliphatic carboxylic acids is 1. The van der Waals surface area contributed by atoms with E-state index in [2.05, 4.69) is 37.2 Å². The van der Waals surface area contributed by atoms with Gasteiger partial charge < -0.3 is 5.11 Å². The van der Waals surface area contributed by atoms with Crippen molar-refractivity contribution in [3.05, 3.63) is 29.6 Å². The van der Waals surface area contributed by atoms with Gasteiger partial charge >= 0.3 is 5.97 Å². The van der Waals surface area contributed by atoms with E-state index in [1.54, 1.807) is 18.3 Å². The van der Waals surface area contributed by atoms with Crippen LogP contribution in [0.2, 0.25) is 18.1 Å². The Morgan fingerprint density at radius 2 is 1.95 bits per heavy atom. The van der Waals surface area contributed by atoms with E-state index in [0.717, 1.165) is 18.1 Å². The van der Waals surface area contributed by atoms with Gasteiger partial charge in [0.2, 0.25) is 0 Å². The molecule has 102 valence electrons. The Bertz CT molecular complexity index is 490. The molecule has 3 nitrogen and oxygen atoms in total. The maximum atomic E-state index is 10.8. The molecule has 0 spiro atoms. The van der Waals surface area contributed by atoms with Crippen LogP contribution in [0.4, 0.5) is 0 Å². The first-order chi connectivity index (χ1) is 9.06. The number of pyridine rings is 1. The lowest BCUT2D eigenvalue weighted by Gasteiger charge is -2.20. The smallest absolute Gasteiger partial charge is 0.307 e. The molecule has 0 saturated heterocycles. The number of hydrogen-bond acceptors (Lipinski definition) is 2. The van der Waals surface area contributed by atoms with E-state index in [9.17, 15) is 4.79 Å². The van der Waals surface area contributed by atoms with E-state index in [-0.39, 0.29) is 6.42 Å². The number of nitrogens with zero attached hydrogens (tertiary/aromatic N) is 1. The number of aromatic nitrogens is 1. The summed E-state index contributed by atoms with van der Waals surface area (Å²) in [5.74, 6) is 2.30.